The minimum Gasteiger partial charge on any atom is -0.397 e. The van der Waals surface area contributed by atoms with Crippen LogP contribution >= 0.6 is 0 Å². The molecule has 3 heteroatoms. The highest BCUT2D eigenvalue weighted by Crippen LogP contribution is 2.24. The van der Waals surface area contributed by atoms with E-state index in [4.69, 9.17) is 11.5 Å². The second-order valence-electron chi connectivity index (χ2n) is 4.99. The molecule has 0 aromatic carbocycles. The van der Waals surface area contributed by atoms with Crippen molar-refractivity contribution in [1.29, 1.82) is 0 Å². The van der Waals surface area contributed by atoms with Gasteiger partial charge in [0, 0.05) is 19.1 Å². The summed E-state index contributed by atoms with van der Waals surface area (Å²) in [4.78, 5) is 2.30. The number of likely N-dealkylation sites (tertiary alicyclic amines) is 1. The van der Waals surface area contributed by atoms with Crippen molar-refractivity contribution < 1.29 is 0 Å². The van der Waals surface area contributed by atoms with Crippen LogP contribution in [0.15, 0.2) is 35.7 Å². The van der Waals surface area contributed by atoms with Crippen LogP contribution in [-0.2, 0) is 0 Å². The second-order valence-corrected chi connectivity index (χ2v) is 4.99. The molecule has 0 aliphatic carbocycles. The van der Waals surface area contributed by atoms with Crippen LogP contribution in [0.5, 0.6) is 0 Å². The number of piperidine rings is 1. The number of hydrogen-bond donors (Lipinski definition) is 2. The summed E-state index contributed by atoms with van der Waals surface area (Å²) in [6.45, 7) is 12.0. The lowest BCUT2D eigenvalue weighted by molar-refractivity contribution is 0.208. The Kier molecular flexibility index (Phi) is 4.82. The van der Waals surface area contributed by atoms with E-state index < -0.39 is 0 Å². The van der Waals surface area contributed by atoms with E-state index in [1.165, 1.54) is 5.57 Å². The third kappa shape index (κ3) is 3.37. The maximum absolute atomic E-state index is 6.09. The zero-order valence-electron chi connectivity index (χ0n) is 11.2. The van der Waals surface area contributed by atoms with Gasteiger partial charge >= 0.3 is 0 Å². The van der Waals surface area contributed by atoms with E-state index in [1.807, 2.05) is 6.92 Å². The summed E-state index contributed by atoms with van der Waals surface area (Å²) in [6.07, 6.45) is 4.89. The predicted molar refractivity (Wildman–Crippen MR) is 74.2 cm³/mol. The van der Waals surface area contributed by atoms with Gasteiger partial charge in [-0.05, 0) is 37.8 Å². The summed E-state index contributed by atoms with van der Waals surface area (Å²) in [5.74, 6) is 0.607. The van der Waals surface area contributed by atoms with E-state index in [9.17, 15) is 0 Å². The van der Waals surface area contributed by atoms with Crippen molar-refractivity contribution in [3.05, 3.63) is 35.7 Å². The third-order valence-corrected chi connectivity index (χ3v) is 3.31. The third-order valence-electron chi connectivity index (χ3n) is 3.31. The monoisotopic (exact) mass is 235 g/mol. The van der Waals surface area contributed by atoms with E-state index in [0.29, 0.717) is 5.92 Å². The number of allylic oxidation sites excluding steroid dienone is 3. The van der Waals surface area contributed by atoms with Gasteiger partial charge in [0.15, 0.2) is 0 Å². The fourth-order valence-electron chi connectivity index (χ4n) is 2.48. The van der Waals surface area contributed by atoms with Crippen molar-refractivity contribution in [1.82, 2.24) is 4.90 Å². The van der Waals surface area contributed by atoms with Crippen LogP contribution in [0.3, 0.4) is 0 Å². The molecule has 1 aliphatic rings. The summed E-state index contributed by atoms with van der Waals surface area (Å²) in [7, 11) is 0. The molecular formula is C14H25N3. The molecule has 0 spiro atoms. The molecule has 0 saturated carbocycles. The molecule has 1 heterocycles. The normalized spacial score (nSPS) is 27.8. The maximum Gasteiger partial charge on any atom is 0.0626 e. The lowest BCUT2D eigenvalue weighted by Crippen LogP contribution is -2.46. The van der Waals surface area contributed by atoms with E-state index in [-0.39, 0.29) is 6.04 Å². The van der Waals surface area contributed by atoms with Gasteiger partial charge in [-0.3, -0.25) is 0 Å². The molecule has 3 nitrogen and oxygen atoms in total. The molecule has 17 heavy (non-hydrogen) atoms. The van der Waals surface area contributed by atoms with Gasteiger partial charge in [-0.1, -0.05) is 19.6 Å². The molecule has 0 radical (unpaired) electrons. The lowest BCUT2D eigenvalue weighted by atomic mass is 9.95. The smallest absolute Gasteiger partial charge is 0.0626 e. The molecule has 0 aromatic heterocycles. The Hall–Kier alpha value is -1.22. The van der Waals surface area contributed by atoms with Crippen LogP contribution in [0.2, 0.25) is 0 Å². The van der Waals surface area contributed by atoms with Crippen LogP contribution < -0.4 is 11.5 Å². The summed E-state index contributed by atoms with van der Waals surface area (Å²) in [6, 6.07) is 0.232. The van der Waals surface area contributed by atoms with Crippen molar-refractivity contribution in [3.8, 4) is 0 Å². The van der Waals surface area contributed by atoms with Crippen molar-refractivity contribution >= 4 is 0 Å². The molecule has 2 atom stereocenters. The molecule has 1 aliphatic heterocycles. The van der Waals surface area contributed by atoms with Gasteiger partial charge in [0.2, 0.25) is 0 Å². The van der Waals surface area contributed by atoms with Gasteiger partial charge < -0.3 is 16.4 Å². The number of nitrogens with zero attached hydrogens (tertiary/aromatic N) is 1. The zero-order chi connectivity index (χ0) is 13.0. The first kappa shape index (κ1) is 13.8. The predicted octanol–water partition coefficient (Wildman–Crippen LogP) is 1.98. The first-order valence-corrected chi connectivity index (χ1v) is 6.25. The molecule has 1 saturated heterocycles. The summed E-state index contributed by atoms with van der Waals surface area (Å²) in [5, 5.41) is 0. The number of nitrogens with two attached hydrogens (primary N) is 2. The van der Waals surface area contributed by atoms with Gasteiger partial charge in [0.05, 0.1) is 11.4 Å². The topological polar surface area (TPSA) is 55.3 Å². The van der Waals surface area contributed by atoms with Crippen LogP contribution in [0.25, 0.3) is 0 Å². The molecule has 1 rings (SSSR count). The molecule has 0 bridgehead atoms. The van der Waals surface area contributed by atoms with Gasteiger partial charge in [-0.2, -0.15) is 0 Å². The van der Waals surface area contributed by atoms with Crippen LogP contribution in [0, 0.1) is 5.92 Å². The highest BCUT2D eigenvalue weighted by Gasteiger charge is 2.25. The molecule has 0 amide bonds. The fraction of sp³-hybridized carbons (Fsp3) is 0.571. The maximum atomic E-state index is 6.09. The first-order valence-electron chi connectivity index (χ1n) is 6.25. The Balaban J connectivity index is 3.03. The van der Waals surface area contributed by atoms with Gasteiger partial charge in [0.25, 0.3) is 0 Å². The van der Waals surface area contributed by atoms with Gasteiger partial charge in [-0.15, -0.1) is 0 Å². The van der Waals surface area contributed by atoms with E-state index in [0.717, 1.165) is 30.9 Å². The molecular weight excluding hydrogens is 210 g/mol. The van der Waals surface area contributed by atoms with Crippen molar-refractivity contribution in [2.45, 2.75) is 33.2 Å². The van der Waals surface area contributed by atoms with Crippen LogP contribution in [0.1, 0.15) is 27.2 Å². The minimum absolute atomic E-state index is 0.232. The fourth-order valence-corrected chi connectivity index (χ4v) is 2.48. The molecule has 4 N–H and O–H groups in total. The average molecular weight is 235 g/mol. The minimum atomic E-state index is 0.232. The van der Waals surface area contributed by atoms with Gasteiger partial charge in [0.1, 0.15) is 0 Å². The average Bonchev–Trinajstić information content (AvgIpc) is 2.27. The molecule has 1 fully saturated rings. The highest BCUT2D eigenvalue weighted by molar-refractivity contribution is 5.36. The van der Waals surface area contributed by atoms with Gasteiger partial charge in [-0.25, -0.2) is 0 Å². The largest absolute Gasteiger partial charge is 0.397 e. The number of rotatable bonds is 3. The Morgan fingerprint density at radius 2 is 2.06 bits per heavy atom. The van der Waals surface area contributed by atoms with Crippen LogP contribution in [-0.4, -0.2) is 24.0 Å². The van der Waals surface area contributed by atoms with E-state index in [1.54, 1.807) is 6.08 Å². The lowest BCUT2D eigenvalue weighted by Gasteiger charge is -2.38. The van der Waals surface area contributed by atoms with Crippen molar-refractivity contribution in [2.75, 3.05) is 13.1 Å². The molecule has 2 unspecified atom stereocenters. The summed E-state index contributed by atoms with van der Waals surface area (Å²) >= 11 is 0. The Morgan fingerprint density at radius 3 is 2.53 bits per heavy atom. The standard InChI is InChI=1S/C14H25N3/c1-5-11(4)14(13(16)6-2)17-8-10(3)7-12(15)9-17/h5-6,10,12H,2,7-9,15-16H2,1,3-4H3/b11-5-,14-13-. The Labute approximate surface area is 105 Å². The Bertz CT molecular complexity index is 331. The van der Waals surface area contributed by atoms with E-state index >= 15 is 0 Å². The quantitative estimate of drug-likeness (QED) is 0.735. The SMILES string of the molecule is C=C/C(N)=C(\C(C)=C/C)N1CC(C)CC(N)C1. The second kappa shape index (κ2) is 5.92. The Morgan fingerprint density at radius 1 is 1.41 bits per heavy atom. The van der Waals surface area contributed by atoms with Crippen molar-refractivity contribution in [2.24, 2.45) is 17.4 Å². The zero-order valence-corrected chi connectivity index (χ0v) is 11.2. The molecule has 96 valence electrons. The summed E-state index contributed by atoms with van der Waals surface area (Å²) < 4.78 is 0. The van der Waals surface area contributed by atoms with Crippen molar-refractivity contribution in [3.63, 3.8) is 0 Å². The molecule has 0 aromatic rings. The number of hydrogen-bond acceptors (Lipinski definition) is 3. The summed E-state index contributed by atoms with van der Waals surface area (Å²) in [5.41, 5.74) is 15.1. The first-order chi connectivity index (χ1) is 7.99. The highest BCUT2D eigenvalue weighted by atomic mass is 15.2. The van der Waals surface area contributed by atoms with E-state index in [2.05, 4.69) is 31.4 Å². The van der Waals surface area contributed by atoms with Crippen LogP contribution in [0.4, 0.5) is 0 Å².